The molecule has 0 amide bonds. The fraction of sp³-hybridized carbons (Fsp3) is 0.474. The molecule has 0 spiro atoms. The van der Waals surface area contributed by atoms with Crippen LogP contribution in [0, 0.1) is 5.92 Å². The van der Waals surface area contributed by atoms with E-state index in [2.05, 4.69) is 42.0 Å². The summed E-state index contributed by atoms with van der Waals surface area (Å²) in [6.07, 6.45) is 10.5. The Bertz CT molecular complexity index is 626. The van der Waals surface area contributed by atoms with Crippen LogP contribution in [0.5, 0.6) is 0 Å². The second-order valence-corrected chi connectivity index (χ2v) is 7.78. The quantitative estimate of drug-likeness (QED) is 0.193. The third-order valence-electron chi connectivity index (χ3n) is 4.18. The first kappa shape index (κ1) is 19.5. The average molecular weight is 360 g/mol. The number of amidine groups is 1. The largest absolute Gasteiger partial charge is 0.341 e. The molecule has 1 unspecified atom stereocenters. The number of nitrogens with two attached hydrogens (primary N) is 1. The molecule has 2 aliphatic rings. The van der Waals surface area contributed by atoms with Gasteiger partial charge in [0, 0.05) is 34.3 Å². The van der Waals surface area contributed by atoms with Crippen LogP contribution in [0.4, 0.5) is 0 Å². The molecule has 0 aromatic heterocycles. The summed E-state index contributed by atoms with van der Waals surface area (Å²) < 4.78 is 0. The highest BCUT2D eigenvalue weighted by Gasteiger charge is 2.25. The van der Waals surface area contributed by atoms with E-state index in [0.717, 1.165) is 42.2 Å². The van der Waals surface area contributed by atoms with E-state index in [-0.39, 0.29) is 0 Å². The van der Waals surface area contributed by atoms with Crippen molar-refractivity contribution in [3.05, 3.63) is 46.8 Å². The van der Waals surface area contributed by atoms with Gasteiger partial charge in [-0.3, -0.25) is 15.8 Å². The summed E-state index contributed by atoms with van der Waals surface area (Å²) in [5.74, 6) is 6.92. The van der Waals surface area contributed by atoms with Gasteiger partial charge >= 0.3 is 0 Å². The average Bonchev–Trinajstić information content (AvgIpc) is 3.34. The molecule has 6 heteroatoms. The predicted molar refractivity (Wildman–Crippen MR) is 110 cm³/mol. The first-order valence-electron chi connectivity index (χ1n) is 8.74. The summed E-state index contributed by atoms with van der Waals surface area (Å²) in [6, 6.07) is 0. The maximum absolute atomic E-state index is 5.61. The Morgan fingerprint density at radius 2 is 2.24 bits per heavy atom. The number of nitrogens with zero attached hydrogens (tertiary/aromatic N) is 2. The first-order chi connectivity index (χ1) is 12.1. The molecule has 5 nitrogen and oxygen atoms in total. The summed E-state index contributed by atoms with van der Waals surface area (Å²) in [5, 5.41) is 3.81. The van der Waals surface area contributed by atoms with Gasteiger partial charge in [0.05, 0.1) is 6.54 Å². The molecule has 0 bridgehead atoms. The number of nitrogens with one attached hydrogen (secondary N) is 2. The van der Waals surface area contributed by atoms with E-state index >= 15 is 0 Å². The van der Waals surface area contributed by atoms with Crippen molar-refractivity contribution >= 4 is 24.3 Å². The standard InChI is InChI=1S/C19H29N5S/c1-5-16-8-9-17(25-16)12-22-19(13(2)11-21-4)23-14(3)10-18(24-20)15-6-7-15/h8,10-11,15,17,24H,3-7,9,12,20H2,1-2H3,(H,22,23)/b13-11-,18-10-. The molecule has 2 rings (SSSR count). The molecular weight excluding hydrogens is 330 g/mol. The van der Waals surface area contributed by atoms with Crippen LogP contribution in [0.1, 0.15) is 39.5 Å². The van der Waals surface area contributed by atoms with Crippen LogP contribution in [0.2, 0.25) is 0 Å². The molecular formula is C19H29N5S. The molecule has 1 saturated carbocycles. The lowest BCUT2D eigenvalue weighted by molar-refractivity contribution is 0.783. The molecule has 1 fully saturated rings. The highest BCUT2D eigenvalue weighted by Crippen LogP contribution is 2.35. The predicted octanol–water partition coefficient (Wildman–Crippen LogP) is 3.65. The van der Waals surface area contributed by atoms with Crippen molar-refractivity contribution < 1.29 is 0 Å². The van der Waals surface area contributed by atoms with Gasteiger partial charge in [-0.15, -0.1) is 11.8 Å². The molecule has 25 heavy (non-hydrogen) atoms. The van der Waals surface area contributed by atoms with Crippen molar-refractivity contribution in [3.8, 4) is 0 Å². The number of aliphatic imine (C=N–C) groups is 2. The molecule has 0 radical (unpaired) electrons. The summed E-state index contributed by atoms with van der Waals surface area (Å²) in [5.41, 5.74) is 5.50. The van der Waals surface area contributed by atoms with E-state index < -0.39 is 0 Å². The number of allylic oxidation sites excluding steroid dienone is 4. The van der Waals surface area contributed by atoms with Gasteiger partial charge in [-0.25, -0.2) is 0 Å². The van der Waals surface area contributed by atoms with Gasteiger partial charge in [0.15, 0.2) is 0 Å². The Labute approximate surface area is 155 Å². The second-order valence-electron chi connectivity index (χ2n) is 6.35. The Morgan fingerprint density at radius 3 is 2.80 bits per heavy atom. The Hall–Kier alpha value is -1.79. The highest BCUT2D eigenvalue weighted by atomic mass is 32.2. The lowest BCUT2D eigenvalue weighted by Gasteiger charge is -2.14. The minimum atomic E-state index is 0.507. The van der Waals surface area contributed by atoms with Crippen molar-refractivity contribution in [2.24, 2.45) is 21.7 Å². The van der Waals surface area contributed by atoms with Gasteiger partial charge in [0.2, 0.25) is 0 Å². The normalized spacial score (nSPS) is 21.8. The third-order valence-corrected chi connectivity index (χ3v) is 5.61. The lowest BCUT2D eigenvalue weighted by Crippen LogP contribution is -2.27. The zero-order valence-corrected chi connectivity index (χ0v) is 16.0. The summed E-state index contributed by atoms with van der Waals surface area (Å²) in [4.78, 5) is 10.1. The molecule has 1 aliphatic carbocycles. The Kier molecular flexibility index (Phi) is 7.52. The molecule has 1 heterocycles. The van der Waals surface area contributed by atoms with Crippen LogP contribution in [0.3, 0.4) is 0 Å². The maximum atomic E-state index is 5.61. The van der Waals surface area contributed by atoms with Gasteiger partial charge in [-0.05, 0) is 50.3 Å². The van der Waals surface area contributed by atoms with Crippen LogP contribution < -0.4 is 16.6 Å². The van der Waals surface area contributed by atoms with Crippen molar-refractivity contribution in [1.29, 1.82) is 0 Å². The first-order valence-corrected chi connectivity index (χ1v) is 9.62. The number of hydrazine groups is 1. The van der Waals surface area contributed by atoms with E-state index in [1.54, 1.807) is 6.20 Å². The molecule has 136 valence electrons. The van der Waals surface area contributed by atoms with Gasteiger partial charge in [0.25, 0.3) is 0 Å². The number of hydrogen-bond donors (Lipinski definition) is 3. The second kappa shape index (κ2) is 9.63. The van der Waals surface area contributed by atoms with Crippen molar-refractivity contribution in [1.82, 2.24) is 10.7 Å². The van der Waals surface area contributed by atoms with Gasteiger partial charge in [-0.1, -0.05) is 19.6 Å². The van der Waals surface area contributed by atoms with E-state index in [1.807, 2.05) is 24.8 Å². The summed E-state index contributed by atoms with van der Waals surface area (Å²) in [7, 11) is 0. The van der Waals surface area contributed by atoms with Crippen LogP contribution in [-0.2, 0) is 0 Å². The van der Waals surface area contributed by atoms with Crippen molar-refractivity contribution in [3.63, 3.8) is 0 Å². The van der Waals surface area contributed by atoms with E-state index in [9.17, 15) is 0 Å². The van der Waals surface area contributed by atoms with Gasteiger partial charge in [0.1, 0.15) is 5.84 Å². The molecule has 1 aliphatic heterocycles. The fourth-order valence-electron chi connectivity index (χ4n) is 2.61. The maximum Gasteiger partial charge on any atom is 0.129 e. The smallest absolute Gasteiger partial charge is 0.129 e. The van der Waals surface area contributed by atoms with Gasteiger partial charge < -0.3 is 10.7 Å². The third kappa shape index (κ3) is 6.21. The SMILES string of the molecule is C=N/C=C(/C)C(=NCC1CC=C(CC)S1)NC(=C)/C=C(\NN)C1CC1. The number of rotatable bonds is 9. The zero-order chi connectivity index (χ0) is 18.2. The van der Waals surface area contributed by atoms with Crippen LogP contribution in [-0.4, -0.2) is 24.3 Å². The van der Waals surface area contributed by atoms with E-state index in [1.165, 1.54) is 17.7 Å². The zero-order valence-electron chi connectivity index (χ0n) is 15.2. The lowest BCUT2D eigenvalue weighted by atomic mass is 10.2. The molecule has 0 aromatic carbocycles. The number of thioether (sulfide) groups is 1. The van der Waals surface area contributed by atoms with E-state index in [4.69, 9.17) is 10.8 Å². The topological polar surface area (TPSA) is 74.8 Å². The van der Waals surface area contributed by atoms with Crippen LogP contribution in [0.25, 0.3) is 0 Å². The summed E-state index contributed by atoms with van der Waals surface area (Å²) >= 11 is 1.93. The van der Waals surface area contributed by atoms with Crippen LogP contribution in [0.15, 0.2) is 56.8 Å². The van der Waals surface area contributed by atoms with Gasteiger partial charge in [-0.2, -0.15) is 0 Å². The molecule has 0 saturated heterocycles. The van der Waals surface area contributed by atoms with E-state index in [0.29, 0.717) is 11.2 Å². The monoisotopic (exact) mass is 359 g/mol. The van der Waals surface area contributed by atoms with Crippen molar-refractivity contribution in [2.75, 3.05) is 6.54 Å². The summed E-state index contributed by atoms with van der Waals surface area (Å²) in [6.45, 7) is 12.5. The Morgan fingerprint density at radius 1 is 1.48 bits per heavy atom. The molecule has 1 atom stereocenters. The van der Waals surface area contributed by atoms with Crippen molar-refractivity contribution in [2.45, 2.75) is 44.8 Å². The fourth-order valence-corrected chi connectivity index (χ4v) is 3.74. The minimum Gasteiger partial charge on any atom is -0.341 e. The Balaban J connectivity index is 2.02. The molecule has 4 N–H and O–H groups in total. The number of hydrogen-bond acceptors (Lipinski definition) is 5. The molecule has 0 aromatic rings. The highest BCUT2D eigenvalue weighted by molar-refractivity contribution is 8.03. The van der Waals surface area contributed by atoms with Crippen LogP contribution >= 0.6 is 11.8 Å². The minimum absolute atomic E-state index is 0.507.